The lowest BCUT2D eigenvalue weighted by atomic mass is 10.0. The summed E-state index contributed by atoms with van der Waals surface area (Å²) in [5.41, 5.74) is 0. The molecule has 0 spiro atoms. The first-order valence-electron chi connectivity index (χ1n) is 33.4. The van der Waals surface area contributed by atoms with Crippen LogP contribution in [0.3, 0.4) is 0 Å². The summed E-state index contributed by atoms with van der Waals surface area (Å²) in [6, 6.07) is 0. The third-order valence-electron chi connectivity index (χ3n) is 14.7. The molecule has 0 aliphatic rings. The molecule has 0 aromatic rings. The van der Waals surface area contributed by atoms with E-state index in [0.717, 1.165) is 77.0 Å². The number of carbonyl (C=O) groups excluding carboxylic acids is 3. The summed E-state index contributed by atoms with van der Waals surface area (Å²) in [5, 5.41) is 0. The van der Waals surface area contributed by atoms with Gasteiger partial charge in [0.2, 0.25) is 0 Å². The number of rotatable bonds is 61. The average Bonchev–Trinajstić information content (AvgIpc) is 3.43. The highest BCUT2D eigenvalue weighted by Crippen LogP contribution is 2.18. The highest BCUT2D eigenvalue weighted by Gasteiger charge is 2.19. The number of ether oxygens (including phenoxy) is 3. The standard InChI is InChI=1S/C71H126O6/c1-4-7-10-13-16-19-22-25-28-31-34-37-40-43-46-49-52-55-58-61-64-70(73)76-67-68(66-75-69(72)63-60-57-54-51-48-45-42-39-36-33-30-27-24-21-18-15-12-9-6-3)77-71(74)65-62-59-56-53-50-47-44-41-38-35-32-29-26-23-20-17-14-11-8-5-2/h9,12,18,21,27,30,36,39,45,48,54,57,68H,4-8,10-11,13-17,19-20,22-26,28-29,31-35,37-38,40-44,46-47,49-53,55-56,58-67H2,1-3H3/b12-9-,21-18-,30-27-,39-36-,48-45-,57-54-. The van der Waals surface area contributed by atoms with Crippen LogP contribution in [-0.4, -0.2) is 37.2 Å². The Balaban J connectivity index is 4.42. The van der Waals surface area contributed by atoms with Crippen LogP contribution in [-0.2, 0) is 28.6 Å². The molecule has 0 fully saturated rings. The Bertz CT molecular complexity index is 1420. The summed E-state index contributed by atoms with van der Waals surface area (Å²) in [7, 11) is 0. The first-order valence-corrected chi connectivity index (χ1v) is 33.4. The van der Waals surface area contributed by atoms with Gasteiger partial charge in [0, 0.05) is 19.3 Å². The number of carbonyl (C=O) groups is 3. The molecule has 0 saturated heterocycles. The van der Waals surface area contributed by atoms with Crippen molar-refractivity contribution in [3.63, 3.8) is 0 Å². The lowest BCUT2D eigenvalue weighted by Crippen LogP contribution is -2.30. The molecule has 77 heavy (non-hydrogen) atoms. The number of hydrogen-bond acceptors (Lipinski definition) is 6. The van der Waals surface area contributed by atoms with Crippen LogP contribution in [0.4, 0.5) is 0 Å². The van der Waals surface area contributed by atoms with Gasteiger partial charge in [-0.15, -0.1) is 0 Å². The second-order valence-electron chi connectivity index (χ2n) is 22.4. The fraction of sp³-hybridized carbons (Fsp3) is 0.789. The van der Waals surface area contributed by atoms with E-state index in [1.54, 1.807) is 0 Å². The SMILES string of the molecule is CC/C=C\C/C=C\C/C=C\C/C=C\C/C=C\C/C=C\CCC(=O)OCC(COC(=O)CCCCCCCCCCCCCCCCCCCCCC)OC(=O)CCCCCCCCCCCCCCCCCCCCCC. The van der Waals surface area contributed by atoms with Crippen LogP contribution in [0.1, 0.15) is 342 Å². The van der Waals surface area contributed by atoms with Crippen LogP contribution in [0.2, 0.25) is 0 Å². The zero-order valence-corrected chi connectivity index (χ0v) is 51.2. The van der Waals surface area contributed by atoms with Gasteiger partial charge >= 0.3 is 17.9 Å². The minimum atomic E-state index is -0.804. The molecule has 6 nitrogen and oxygen atoms in total. The van der Waals surface area contributed by atoms with Gasteiger partial charge in [0.25, 0.3) is 0 Å². The molecule has 0 aromatic heterocycles. The van der Waals surface area contributed by atoms with Crippen LogP contribution in [0.25, 0.3) is 0 Å². The van der Waals surface area contributed by atoms with Crippen molar-refractivity contribution in [1.29, 1.82) is 0 Å². The number of unbranched alkanes of at least 4 members (excludes halogenated alkanes) is 38. The molecule has 6 heteroatoms. The minimum absolute atomic E-state index is 0.0938. The molecule has 0 amide bonds. The zero-order chi connectivity index (χ0) is 55.7. The number of hydrogen-bond donors (Lipinski definition) is 0. The highest BCUT2D eigenvalue weighted by molar-refractivity contribution is 5.71. The fourth-order valence-corrected chi connectivity index (χ4v) is 9.77. The van der Waals surface area contributed by atoms with Crippen LogP contribution < -0.4 is 0 Å². The molecular weight excluding hydrogens is 949 g/mol. The number of allylic oxidation sites excluding steroid dienone is 12. The molecule has 446 valence electrons. The Hall–Kier alpha value is -3.15. The first kappa shape index (κ1) is 73.8. The molecule has 0 bridgehead atoms. The molecule has 0 N–H and O–H groups in total. The van der Waals surface area contributed by atoms with E-state index in [2.05, 4.69) is 87.6 Å². The summed E-state index contributed by atoms with van der Waals surface area (Å²) in [5.74, 6) is -0.960. The van der Waals surface area contributed by atoms with Crippen LogP contribution in [0, 0.1) is 0 Å². The van der Waals surface area contributed by atoms with Gasteiger partial charge in [-0.05, 0) is 57.8 Å². The van der Waals surface area contributed by atoms with E-state index in [9.17, 15) is 14.4 Å². The van der Waals surface area contributed by atoms with Gasteiger partial charge in [-0.3, -0.25) is 14.4 Å². The lowest BCUT2D eigenvalue weighted by Gasteiger charge is -2.18. The topological polar surface area (TPSA) is 78.9 Å². The molecule has 0 saturated carbocycles. The molecular formula is C71H126O6. The van der Waals surface area contributed by atoms with Crippen molar-refractivity contribution in [3.8, 4) is 0 Å². The van der Waals surface area contributed by atoms with Crippen molar-refractivity contribution < 1.29 is 28.6 Å². The maximum Gasteiger partial charge on any atom is 0.306 e. The summed E-state index contributed by atoms with van der Waals surface area (Å²) in [4.78, 5) is 38.4. The molecule has 1 atom stereocenters. The van der Waals surface area contributed by atoms with Crippen molar-refractivity contribution in [1.82, 2.24) is 0 Å². The van der Waals surface area contributed by atoms with Gasteiger partial charge in [-0.25, -0.2) is 0 Å². The normalized spacial score (nSPS) is 12.5. The van der Waals surface area contributed by atoms with Crippen LogP contribution in [0.15, 0.2) is 72.9 Å². The van der Waals surface area contributed by atoms with E-state index in [1.165, 1.54) is 218 Å². The van der Waals surface area contributed by atoms with E-state index in [4.69, 9.17) is 14.2 Å². The van der Waals surface area contributed by atoms with E-state index in [1.807, 2.05) is 6.08 Å². The summed E-state index contributed by atoms with van der Waals surface area (Å²) in [6.45, 7) is 6.52. The molecule has 0 aromatic carbocycles. The van der Waals surface area contributed by atoms with E-state index in [-0.39, 0.29) is 37.5 Å². The predicted octanol–water partition coefficient (Wildman–Crippen LogP) is 22.9. The fourth-order valence-electron chi connectivity index (χ4n) is 9.77. The van der Waals surface area contributed by atoms with Gasteiger partial charge in [-0.1, -0.05) is 338 Å². The van der Waals surface area contributed by atoms with Gasteiger partial charge in [0.1, 0.15) is 13.2 Å². The highest BCUT2D eigenvalue weighted by atomic mass is 16.6. The second kappa shape index (κ2) is 65.4. The van der Waals surface area contributed by atoms with Crippen molar-refractivity contribution in [2.75, 3.05) is 13.2 Å². The smallest absolute Gasteiger partial charge is 0.306 e. The Morgan fingerprint density at radius 2 is 0.506 bits per heavy atom. The minimum Gasteiger partial charge on any atom is -0.462 e. The maximum atomic E-state index is 12.9. The monoisotopic (exact) mass is 1070 g/mol. The summed E-state index contributed by atoms with van der Waals surface area (Å²) in [6.07, 6.45) is 85.0. The van der Waals surface area contributed by atoms with Crippen LogP contribution >= 0.6 is 0 Å². The molecule has 1 unspecified atom stereocenters. The Kier molecular flexibility index (Phi) is 62.7. The first-order chi connectivity index (χ1) is 38.0. The second-order valence-corrected chi connectivity index (χ2v) is 22.4. The third kappa shape index (κ3) is 63.6. The predicted molar refractivity (Wildman–Crippen MR) is 335 cm³/mol. The average molecular weight is 1080 g/mol. The Morgan fingerprint density at radius 1 is 0.273 bits per heavy atom. The lowest BCUT2D eigenvalue weighted by molar-refractivity contribution is -0.166. The van der Waals surface area contributed by atoms with E-state index < -0.39 is 6.10 Å². The quantitative estimate of drug-likeness (QED) is 0.0261. The van der Waals surface area contributed by atoms with Gasteiger partial charge in [0.15, 0.2) is 6.10 Å². The van der Waals surface area contributed by atoms with Crippen molar-refractivity contribution >= 4 is 17.9 Å². The van der Waals surface area contributed by atoms with Crippen molar-refractivity contribution in [3.05, 3.63) is 72.9 Å². The van der Waals surface area contributed by atoms with Gasteiger partial charge < -0.3 is 14.2 Å². The largest absolute Gasteiger partial charge is 0.462 e. The zero-order valence-electron chi connectivity index (χ0n) is 51.2. The van der Waals surface area contributed by atoms with E-state index in [0.29, 0.717) is 19.3 Å². The summed E-state index contributed by atoms with van der Waals surface area (Å²) < 4.78 is 16.9. The van der Waals surface area contributed by atoms with E-state index >= 15 is 0 Å². The third-order valence-corrected chi connectivity index (χ3v) is 14.7. The van der Waals surface area contributed by atoms with Gasteiger partial charge in [0.05, 0.1) is 0 Å². The van der Waals surface area contributed by atoms with Crippen molar-refractivity contribution in [2.45, 2.75) is 348 Å². The molecule has 0 radical (unpaired) electrons. The van der Waals surface area contributed by atoms with Crippen LogP contribution in [0.5, 0.6) is 0 Å². The maximum absolute atomic E-state index is 12.9. The Labute approximate surface area is 478 Å². The summed E-state index contributed by atoms with van der Waals surface area (Å²) >= 11 is 0. The van der Waals surface area contributed by atoms with Gasteiger partial charge in [-0.2, -0.15) is 0 Å². The molecule has 0 aliphatic heterocycles. The molecule has 0 aliphatic carbocycles. The molecule has 0 heterocycles. The molecule has 0 rings (SSSR count). The van der Waals surface area contributed by atoms with Crippen molar-refractivity contribution in [2.24, 2.45) is 0 Å². The number of esters is 3. The Morgan fingerprint density at radius 3 is 0.792 bits per heavy atom.